The summed E-state index contributed by atoms with van der Waals surface area (Å²) in [4.78, 5) is 29.1. The van der Waals surface area contributed by atoms with Gasteiger partial charge in [0.1, 0.15) is 11.4 Å². The van der Waals surface area contributed by atoms with Gasteiger partial charge in [0.2, 0.25) is 0 Å². The number of ether oxygens (including phenoxy) is 2. The molecule has 0 radical (unpaired) electrons. The highest BCUT2D eigenvalue weighted by Gasteiger charge is 2.49. The monoisotopic (exact) mass is 680 g/mol. The summed E-state index contributed by atoms with van der Waals surface area (Å²) >= 11 is 6.45. The normalized spacial score (nSPS) is 34.7. The van der Waals surface area contributed by atoms with Crippen LogP contribution in [0.15, 0.2) is 48.6 Å². The average molecular weight is 681 g/mol. The number of fused-ring (bicyclic) bond motifs is 4. The Morgan fingerprint density at radius 2 is 2.02 bits per heavy atom. The second-order valence-corrected chi connectivity index (χ2v) is 17.7. The van der Waals surface area contributed by atoms with E-state index in [4.69, 9.17) is 21.1 Å². The van der Waals surface area contributed by atoms with E-state index in [-0.39, 0.29) is 29.1 Å². The lowest BCUT2D eigenvalue weighted by atomic mass is 9.64. The number of rotatable bonds is 4. The molecule has 2 aromatic carbocycles. The Bertz CT molecular complexity index is 1660. The average Bonchev–Trinajstić information content (AvgIpc) is 3.17. The van der Waals surface area contributed by atoms with Crippen molar-refractivity contribution in [2.24, 2.45) is 23.7 Å². The number of aldehydes is 1. The van der Waals surface area contributed by atoms with Crippen molar-refractivity contribution in [3.05, 3.63) is 70.3 Å². The molecule has 0 saturated heterocycles. The molecule has 47 heavy (non-hydrogen) atoms. The van der Waals surface area contributed by atoms with Gasteiger partial charge in [-0.2, -0.15) is 0 Å². The summed E-state index contributed by atoms with van der Waals surface area (Å²) in [7, 11) is -2.99. The minimum absolute atomic E-state index is 0.000188. The molecule has 1 spiro atoms. The lowest BCUT2D eigenvalue weighted by Gasteiger charge is -2.49. The first-order valence-electron chi connectivity index (χ1n) is 17.1. The molecule has 0 aromatic heterocycles. The Morgan fingerprint density at radius 1 is 1.21 bits per heavy atom. The van der Waals surface area contributed by atoms with Crippen LogP contribution in [0.5, 0.6) is 5.75 Å². The predicted molar refractivity (Wildman–Crippen MR) is 191 cm³/mol. The summed E-state index contributed by atoms with van der Waals surface area (Å²) in [6, 6.07) is 11.7. The third-order valence-corrected chi connectivity index (χ3v) is 13.6. The molecular formula is C38H49ClN2O5S. The zero-order valence-corrected chi connectivity index (χ0v) is 29.7. The zero-order chi connectivity index (χ0) is 33.6. The maximum atomic E-state index is 13.8. The van der Waals surface area contributed by atoms with Crippen molar-refractivity contribution in [3.63, 3.8) is 0 Å². The third kappa shape index (κ3) is 6.62. The number of aryl methyl sites for hydroxylation is 1. The number of carbonyl (C=O) groups is 2. The van der Waals surface area contributed by atoms with Crippen molar-refractivity contribution < 1.29 is 23.3 Å². The molecule has 254 valence electrons. The number of hydrogen-bond donors (Lipinski definition) is 1. The van der Waals surface area contributed by atoms with Gasteiger partial charge in [-0.15, -0.1) is 0 Å². The van der Waals surface area contributed by atoms with Crippen LogP contribution in [0.1, 0.15) is 81.3 Å². The van der Waals surface area contributed by atoms with Gasteiger partial charge in [0.25, 0.3) is 5.91 Å². The molecule has 2 aliphatic carbocycles. The molecular weight excluding hydrogens is 632 g/mol. The highest BCUT2D eigenvalue weighted by atomic mass is 35.5. The molecule has 4 aliphatic rings. The second-order valence-electron chi connectivity index (χ2n) is 14.9. The predicted octanol–water partition coefficient (Wildman–Crippen LogP) is 6.80. The molecule has 1 N–H and O–H groups in total. The molecule has 1 amide bonds. The van der Waals surface area contributed by atoms with E-state index in [0.717, 1.165) is 49.1 Å². The van der Waals surface area contributed by atoms with E-state index in [1.807, 2.05) is 44.2 Å². The van der Waals surface area contributed by atoms with Crippen LogP contribution in [-0.4, -0.2) is 59.4 Å². The highest BCUT2D eigenvalue weighted by Crippen LogP contribution is 2.49. The van der Waals surface area contributed by atoms with E-state index in [2.05, 4.69) is 41.5 Å². The van der Waals surface area contributed by atoms with E-state index in [9.17, 15) is 13.8 Å². The fraction of sp³-hybridized carbons (Fsp3) is 0.553. The van der Waals surface area contributed by atoms with E-state index in [1.54, 1.807) is 6.07 Å². The molecule has 1 unspecified atom stereocenters. The molecule has 9 heteroatoms. The maximum absolute atomic E-state index is 13.8. The van der Waals surface area contributed by atoms with E-state index in [1.165, 1.54) is 11.1 Å². The third-order valence-electron chi connectivity index (χ3n) is 11.2. The number of carbonyl (C=O) groups excluding carboxylic acids is 2. The quantitative estimate of drug-likeness (QED) is 0.217. The maximum Gasteiger partial charge on any atom is 0.262 e. The molecule has 1 fully saturated rings. The van der Waals surface area contributed by atoms with Crippen LogP contribution in [0.2, 0.25) is 5.02 Å². The molecule has 7 atom stereocenters. The molecule has 2 heterocycles. The highest BCUT2D eigenvalue weighted by molar-refractivity contribution is 7.99. The standard InChI is InChI=1S/C38H49ClN2O5S/c1-25(2)21-46-38(23-42)17-6-8-26(3)27(4)47(5,44)40-36(43)29-11-15-35-34(19-29)41(20-30-10-13-33(30)38)22-37(24-45-35)16-7-9-28-18-31(39)12-14-32(28)37/h6,11-12,14-15,17-19,23,25-27,30,33H,5,7-10,13,16,20-22,24H2,1-4H3,(H,40,43,44)/b17-6+/t26-,27+,30-,33+,37-,38-,47?/m0/s1. The largest absolute Gasteiger partial charge is 0.490 e. The zero-order valence-electron chi connectivity index (χ0n) is 28.1. The van der Waals surface area contributed by atoms with Crippen molar-refractivity contribution in [1.82, 2.24) is 4.72 Å². The fourth-order valence-electron chi connectivity index (χ4n) is 8.01. The number of nitrogens with zero attached hydrogens (tertiary/aromatic N) is 1. The second kappa shape index (κ2) is 13.2. The Kier molecular flexibility index (Phi) is 9.60. The summed E-state index contributed by atoms with van der Waals surface area (Å²) in [6.45, 7) is 10.4. The first kappa shape index (κ1) is 34.1. The van der Waals surface area contributed by atoms with Crippen LogP contribution in [0.25, 0.3) is 0 Å². The Morgan fingerprint density at radius 3 is 2.74 bits per heavy atom. The van der Waals surface area contributed by atoms with Crippen molar-refractivity contribution in [1.29, 1.82) is 0 Å². The van der Waals surface area contributed by atoms with Gasteiger partial charge in [-0.25, -0.2) is 4.21 Å². The van der Waals surface area contributed by atoms with Crippen molar-refractivity contribution in [2.75, 3.05) is 31.2 Å². The van der Waals surface area contributed by atoms with Crippen molar-refractivity contribution >= 4 is 45.1 Å². The van der Waals surface area contributed by atoms with Gasteiger partial charge >= 0.3 is 0 Å². The van der Waals surface area contributed by atoms with Crippen molar-refractivity contribution in [3.8, 4) is 5.75 Å². The summed E-state index contributed by atoms with van der Waals surface area (Å²) in [5.74, 6) is 4.69. The Balaban J connectivity index is 1.46. The minimum atomic E-state index is -2.99. The van der Waals surface area contributed by atoms with Crippen LogP contribution in [-0.2, 0) is 31.1 Å². The smallest absolute Gasteiger partial charge is 0.262 e. The summed E-state index contributed by atoms with van der Waals surface area (Å²) in [5.41, 5.74) is 2.45. The Hall–Kier alpha value is -2.81. The number of anilines is 1. The van der Waals surface area contributed by atoms with Gasteiger partial charge in [-0.3, -0.25) is 14.3 Å². The first-order chi connectivity index (χ1) is 22.4. The van der Waals surface area contributed by atoms with Crippen LogP contribution in [0.4, 0.5) is 5.69 Å². The Labute approximate surface area is 285 Å². The molecule has 2 aromatic rings. The van der Waals surface area contributed by atoms with Crippen LogP contribution in [0, 0.1) is 23.7 Å². The molecule has 1 saturated carbocycles. The molecule has 6 rings (SSSR count). The van der Waals surface area contributed by atoms with Gasteiger partial charge in [0, 0.05) is 40.3 Å². The SMILES string of the molecule is C=S1(=O)NC(=O)c2ccc3c(c2)N(C[C@@H]2CC[C@H]2[C@](C=O)(OCC(C)C)/C=C/C[C@H](C)[C@H]1C)C[C@@]1(CCCc2cc(Cl)ccc21)CO3. The number of amides is 1. The van der Waals surface area contributed by atoms with Crippen LogP contribution >= 0.6 is 11.6 Å². The van der Waals surface area contributed by atoms with Gasteiger partial charge in [-0.1, -0.05) is 44.5 Å². The van der Waals surface area contributed by atoms with Crippen molar-refractivity contribution in [2.45, 2.75) is 82.5 Å². The van der Waals surface area contributed by atoms with Gasteiger partial charge in [0.15, 0.2) is 6.29 Å². The van der Waals surface area contributed by atoms with E-state index in [0.29, 0.717) is 44.0 Å². The van der Waals surface area contributed by atoms with Crippen LogP contribution in [0.3, 0.4) is 0 Å². The summed E-state index contributed by atoms with van der Waals surface area (Å²) < 4.78 is 29.8. The molecule has 7 nitrogen and oxygen atoms in total. The summed E-state index contributed by atoms with van der Waals surface area (Å²) in [5, 5.41) is 0.338. The number of hydrogen-bond acceptors (Lipinski definition) is 6. The number of nitrogens with one attached hydrogen (secondary N) is 1. The number of halogens is 1. The topological polar surface area (TPSA) is 84.9 Å². The number of benzene rings is 2. The van der Waals surface area contributed by atoms with E-state index < -0.39 is 26.5 Å². The summed E-state index contributed by atoms with van der Waals surface area (Å²) in [6.07, 6.45) is 10.4. The fourth-order valence-corrected chi connectivity index (χ4v) is 9.69. The minimum Gasteiger partial charge on any atom is -0.490 e. The van der Waals surface area contributed by atoms with Gasteiger partial charge < -0.3 is 14.4 Å². The lowest BCUT2D eigenvalue weighted by Crippen LogP contribution is -2.54. The lowest BCUT2D eigenvalue weighted by molar-refractivity contribution is -0.143. The van der Waals surface area contributed by atoms with Gasteiger partial charge in [-0.05, 0) is 117 Å². The number of allylic oxidation sites excluding steroid dienone is 1. The van der Waals surface area contributed by atoms with E-state index >= 15 is 0 Å². The first-order valence-corrected chi connectivity index (χ1v) is 19.3. The molecule has 2 aliphatic heterocycles. The molecule has 2 bridgehead atoms. The van der Waals surface area contributed by atoms with Crippen LogP contribution < -0.4 is 14.4 Å². The van der Waals surface area contributed by atoms with Gasteiger partial charge in [0.05, 0.1) is 28.6 Å².